The van der Waals surface area contributed by atoms with Gasteiger partial charge in [-0.25, -0.2) is 4.79 Å². The summed E-state index contributed by atoms with van der Waals surface area (Å²) in [7, 11) is 0. The predicted molar refractivity (Wildman–Crippen MR) is 180 cm³/mol. The van der Waals surface area contributed by atoms with E-state index in [0.29, 0.717) is 11.3 Å². The van der Waals surface area contributed by atoms with Gasteiger partial charge in [0.2, 0.25) is 0 Å². The zero-order valence-corrected chi connectivity index (χ0v) is 27.5. The first-order valence-electron chi connectivity index (χ1n) is 17.7. The number of benzene rings is 2. The minimum absolute atomic E-state index is 0.0379. The number of aryl methyl sites for hydroxylation is 1. The molecule has 3 nitrogen and oxygen atoms in total. The maximum Gasteiger partial charge on any atom is 0.343 e. The number of esters is 1. The summed E-state index contributed by atoms with van der Waals surface area (Å²) in [5.41, 5.74) is 2.99. The van der Waals surface area contributed by atoms with Gasteiger partial charge < -0.3 is 9.47 Å². The van der Waals surface area contributed by atoms with Gasteiger partial charge in [-0.3, -0.25) is 0 Å². The summed E-state index contributed by atoms with van der Waals surface area (Å²) >= 11 is 0. The van der Waals surface area contributed by atoms with Crippen LogP contribution in [0.4, 0.5) is 0 Å². The molecule has 236 valence electrons. The lowest BCUT2D eigenvalue weighted by Crippen LogP contribution is -2.08. The molecule has 0 aromatic heterocycles. The topological polar surface area (TPSA) is 35.5 Å². The minimum Gasteiger partial charge on any atom is -0.423 e. The fraction of sp³-hybridized carbons (Fsp3) is 0.667. The molecule has 1 unspecified atom stereocenters. The number of unbranched alkanes of at least 4 members (excludes halogenated alkanes) is 18. The van der Waals surface area contributed by atoms with Gasteiger partial charge >= 0.3 is 5.97 Å². The molecule has 0 aliphatic rings. The Balaban J connectivity index is 1.52. The summed E-state index contributed by atoms with van der Waals surface area (Å²) in [5.74, 6) is 0.259. The monoisotopic (exact) mass is 578 g/mol. The molecular formula is C39H62O3. The largest absolute Gasteiger partial charge is 0.423 e. The lowest BCUT2D eigenvalue weighted by atomic mass is 10.0. The average Bonchev–Trinajstić information content (AvgIpc) is 3.01. The number of hydrogen-bond acceptors (Lipinski definition) is 3. The number of rotatable bonds is 26. The van der Waals surface area contributed by atoms with Crippen molar-refractivity contribution in [2.45, 2.75) is 162 Å². The standard InChI is InChI=1S/C39H62O3/c1-4-6-8-10-12-13-14-15-16-17-18-19-21-23-33-41-34(3)36-29-31-38(32-30-36)42-39(40)37-27-25-35(26-28-37)24-22-20-11-9-7-5-2/h25-32,34H,4-24,33H2,1-3H3. The zero-order valence-electron chi connectivity index (χ0n) is 27.5. The summed E-state index contributed by atoms with van der Waals surface area (Å²) in [5, 5.41) is 0. The van der Waals surface area contributed by atoms with E-state index in [2.05, 4.69) is 32.9 Å². The van der Waals surface area contributed by atoms with Crippen LogP contribution in [0.2, 0.25) is 0 Å². The van der Waals surface area contributed by atoms with Gasteiger partial charge in [0.15, 0.2) is 0 Å². The highest BCUT2D eigenvalue weighted by atomic mass is 16.5. The first kappa shape index (κ1) is 36.1. The molecule has 0 saturated carbocycles. The van der Waals surface area contributed by atoms with Gasteiger partial charge in [0.25, 0.3) is 0 Å². The van der Waals surface area contributed by atoms with E-state index in [1.54, 1.807) is 0 Å². The Morgan fingerprint density at radius 2 is 1.02 bits per heavy atom. The van der Waals surface area contributed by atoms with Crippen LogP contribution < -0.4 is 4.74 Å². The molecule has 42 heavy (non-hydrogen) atoms. The highest BCUT2D eigenvalue weighted by Gasteiger charge is 2.10. The Morgan fingerprint density at radius 3 is 1.52 bits per heavy atom. The molecule has 0 aliphatic carbocycles. The SMILES string of the molecule is CCCCCCCCCCCCCCCCOC(C)c1ccc(OC(=O)c2ccc(CCCCCCCC)cc2)cc1. The zero-order chi connectivity index (χ0) is 30.1. The van der Waals surface area contributed by atoms with Crippen molar-refractivity contribution in [3.05, 3.63) is 65.2 Å². The lowest BCUT2D eigenvalue weighted by molar-refractivity contribution is 0.0627. The van der Waals surface area contributed by atoms with Gasteiger partial charge in [0.05, 0.1) is 11.7 Å². The van der Waals surface area contributed by atoms with Crippen LogP contribution in [-0.4, -0.2) is 12.6 Å². The van der Waals surface area contributed by atoms with Crippen LogP contribution in [0.15, 0.2) is 48.5 Å². The first-order valence-corrected chi connectivity index (χ1v) is 17.7. The molecule has 2 aromatic rings. The van der Waals surface area contributed by atoms with Crippen LogP contribution in [0.1, 0.15) is 177 Å². The molecular weight excluding hydrogens is 516 g/mol. The van der Waals surface area contributed by atoms with E-state index in [4.69, 9.17) is 9.47 Å². The molecule has 0 aliphatic heterocycles. The molecule has 2 rings (SSSR count). The molecule has 0 N–H and O–H groups in total. The lowest BCUT2D eigenvalue weighted by Gasteiger charge is -2.14. The summed E-state index contributed by atoms with van der Waals surface area (Å²) in [6.45, 7) is 7.43. The third kappa shape index (κ3) is 17.1. The van der Waals surface area contributed by atoms with Crippen LogP contribution in [0.25, 0.3) is 0 Å². The second kappa shape index (κ2) is 24.3. The second-order valence-electron chi connectivity index (χ2n) is 12.3. The van der Waals surface area contributed by atoms with Gasteiger partial charge in [0, 0.05) is 6.61 Å². The molecule has 3 heteroatoms. The number of hydrogen-bond donors (Lipinski definition) is 0. The van der Waals surface area contributed by atoms with Crippen molar-refractivity contribution in [2.24, 2.45) is 0 Å². The molecule has 1 atom stereocenters. The van der Waals surface area contributed by atoms with E-state index in [0.717, 1.165) is 25.0 Å². The highest BCUT2D eigenvalue weighted by molar-refractivity contribution is 5.91. The van der Waals surface area contributed by atoms with Crippen LogP contribution in [-0.2, 0) is 11.2 Å². The van der Waals surface area contributed by atoms with Crippen LogP contribution >= 0.6 is 0 Å². The Kier molecular flexibility index (Phi) is 20.9. The van der Waals surface area contributed by atoms with Gasteiger partial charge in [-0.05, 0) is 61.6 Å². The van der Waals surface area contributed by atoms with Crippen LogP contribution in [0, 0.1) is 0 Å². The molecule has 0 fully saturated rings. The van der Waals surface area contributed by atoms with Crippen molar-refractivity contribution in [3.63, 3.8) is 0 Å². The van der Waals surface area contributed by atoms with Crippen LogP contribution in [0.5, 0.6) is 5.75 Å². The normalized spacial score (nSPS) is 12.0. The maximum absolute atomic E-state index is 12.6. The molecule has 2 aromatic carbocycles. The average molecular weight is 579 g/mol. The maximum atomic E-state index is 12.6. The third-order valence-electron chi connectivity index (χ3n) is 8.43. The summed E-state index contributed by atoms with van der Waals surface area (Å²) < 4.78 is 11.7. The van der Waals surface area contributed by atoms with Crippen molar-refractivity contribution in [2.75, 3.05) is 6.61 Å². The van der Waals surface area contributed by atoms with E-state index < -0.39 is 0 Å². The summed E-state index contributed by atoms with van der Waals surface area (Å²) in [6.07, 6.45) is 28.0. The molecule has 0 radical (unpaired) electrons. The molecule has 0 amide bonds. The minimum atomic E-state index is -0.309. The van der Waals surface area contributed by atoms with E-state index in [9.17, 15) is 4.79 Å². The van der Waals surface area contributed by atoms with Gasteiger partial charge in [0.1, 0.15) is 5.75 Å². The van der Waals surface area contributed by atoms with Gasteiger partial charge in [-0.15, -0.1) is 0 Å². The first-order chi connectivity index (χ1) is 20.6. The van der Waals surface area contributed by atoms with E-state index in [1.807, 2.05) is 36.4 Å². The highest BCUT2D eigenvalue weighted by Crippen LogP contribution is 2.22. The molecule has 0 bridgehead atoms. The van der Waals surface area contributed by atoms with E-state index in [-0.39, 0.29) is 12.1 Å². The van der Waals surface area contributed by atoms with Crippen molar-refractivity contribution in [1.82, 2.24) is 0 Å². The summed E-state index contributed by atoms with van der Waals surface area (Å²) in [6, 6.07) is 15.6. The number of carbonyl (C=O) groups excluding carboxylic acids is 1. The smallest absolute Gasteiger partial charge is 0.343 e. The summed E-state index contributed by atoms with van der Waals surface area (Å²) in [4.78, 5) is 12.6. The van der Waals surface area contributed by atoms with E-state index in [1.165, 1.54) is 128 Å². The Labute approximate surface area is 259 Å². The van der Waals surface area contributed by atoms with Crippen LogP contribution in [0.3, 0.4) is 0 Å². The second-order valence-corrected chi connectivity index (χ2v) is 12.3. The fourth-order valence-electron chi connectivity index (χ4n) is 5.54. The van der Waals surface area contributed by atoms with Crippen molar-refractivity contribution < 1.29 is 14.3 Å². The fourth-order valence-corrected chi connectivity index (χ4v) is 5.54. The Hall–Kier alpha value is -2.13. The third-order valence-corrected chi connectivity index (χ3v) is 8.43. The van der Waals surface area contributed by atoms with Gasteiger partial charge in [-0.2, -0.15) is 0 Å². The number of ether oxygens (including phenoxy) is 2. The molecule has 0 heterocycles. The van der Waals surface area contributed by atoms with E-state index >= 15 is 0 Å². The molecule has 0 saturated heterocycles. The quantitative estimate of drug-likeness (QED) is 0.0632. The predicted octanol–water partition coefficient (Wildman–Crippen LogP) is 12.4. The van der Waals surface area contributed by atoms with Crippen molar-refractivity contribution >= 4 is 5.97 Å². The Bertz CT molecular complexity index is 902. The number of carbonyl (C=O) groups is 1. The Morgan fingerprint density at radius 1 is 0.571 bits per heavy atom. The molecule has 0 spiro atoms. The van der Waals surface area contributed by atoms with Crippen molar-refractivity contribution in [1.29, 1.82) is 0 Å². The van der Waals surface area contributed by atoms with Gasteiger partial charge in [-0.1, -0.05) is 154 Å². The van der Waals surface area contributed by atoms with Crippen molar-refractivity contribution in [3.8, 4) is 5.75 Å².